The number of benzene rings is 2. The maximum absolute atomic E-state index is 12.9. The summed E-state index contributed by atoms with van der Waals surface area (Å²) in [7, 11) is 0. The number of nitrogens with one attached hydrogen (secondary N) is 1. The number of hydrogen-bond acceptors (Lipinski definition) is 4. The molecule has 0 bridgehead atoms. The van der Waals surface area contributed by atoms with Crippen molar-refractivity contribution in [3.63, 3.8) is 0 Å². The smallest absolute Gasteiger partial charge is 0.257 e. The number of aromatic nitrogens is 3. The lowest BCUT2D eigenvalue weighted by Gasteiger charge is -2.26. The number of amides is 1. The quantitative estimate of drug-likeness (QED) is 0.500. The molecular weight excluding hydrogens is 398 g/mol. The summed E-state index contributed by atoms with van der Waals surface area (Å²) in [6, 6.07) is 20.4. The second-order valence-electron chi connectivity index (χ2n) is 8.33. The number of hydrogen-bond donors (Lipinski definition) is 1. The molecule has 2 aromatic carbocycles. The monoisotopic (exact) mass is 425 g/mol. The highest BCUT2D eigenvalue weighted by Gasteiger charge is 2.16. The highest BCUT2D eigenvalue weighted by Crippen LogP contribution is 2.20. The van der Waals surface area contributed by atoms with Gasteiger partial charge in [-0.3, -0.25) is 9.69 Å². The van der Waals surface area contributed by atoms with Gasteiger partial charge in [-0.2, -0.15) is 5.10 Å². The Kier molecular flexibility index (Phi) is 5.94. The van der Waals surface area contributed by atoms with E-state index in [4.69, 9.17) is 0 Å². The van der Waals surface area contributed by atoms with Gasteiger partial charge in [0.05, 0.1) is 11.9 Å². The van der Waals surface area contributed by atoms with Crippen molar-refractivity contribution in [1.82, 2.24) is 24.8 Å². The van der Waals surface area contributed by atoms with Crippen LogP contribution in [-0.2, 0) is 13.1 Å². The van der Waals surface area contributed by atoms with E-state index >= 15 is 0 Å². The van der Waals surface area contributed by atoms with Crippen LogP contribution < -0.4 is 5.32 Å². The molecule has 1 amide bonds. The summed E-state index contributed by atoms with van der Waals surface area (Å²) in [6.45, 7) is 3.86. The zero-order valence-electron chi connectivity index (χ0n) is 18.1. The van der Waals surface area contributed by atoms with E-state index in [-0.39, 0.29) is 5.91 Å². The van der Waals surface area contributed by atoms with Crippen LogP contribution in [0.2, 0.25) is 0 Å². The first-order valence-corrected chi connectivity index (χ1v) is 11.2. The number of likely N-dealkylation sites (tertiary alicyclic amines) is 1. The summed E-state index contributed by atoms with van der Waals surface area (Å²) in [5, 5.41) is 7.44. The zero-order chi connectivity index (χ0) is 21.8. The standard InChI is InChI=1S/C26H27N5O/c32-26(28-17-20-9-11-21(12-10-20)19-30-15-5-2-6-16-30)23-18-29-31-24(13-14-27-25(23)31)22-7-3-1-4-8-22/h1,3-4,7-14,18H,2,5-6,15-17,19H2,(H,28,32). The molecule has 3 heterocycles. The fourth-order valence-electron chi connectivity index (χ4n) is 4.29. The number of nitrogens with zero attached hydrogens (tertiary/aromatic N) is 4. The topological polar surface area (TPSA) is 62.5 Å². The van der Waals surface area contributed by atoms with Gasteiger partial charge in [-0.05, 0) is 43.1 Å². The Hall–Kier alpha value is -3.51. The molecule has 1 N–H and O–H groups in total. The van der Waals surface area contributed by atoms with Gasteiger partial charge in [-0.1, -0.05) is 61.0 Å². The Morgan fingerprint density at radius 1 is 0.906 bits per heavy atom. The van der Waals surface area contributed by atoms with E-state index < -0.39 is 0 Å². The van der Waals surface area contributed by atoms with Crippen molar-refractivity contribution in [2.24, 2.45) is 0 Å². The van der Waals surface area contributed by atoms with Crippen LogP contribution in [0.15, 0.2) is 73.1 Å². The van der Waals surface area contributed by atoms with Gasteiger partial charge in [0, 0.05) is 24.8 Å². The third kappa shape index (κ3) is 4.41. The van der Waals surface area contributed by atoms with Crippen LogP contribution >= 0.6 is 0 Å². The van der Waals surface area contributed by atoms with E-state index in [1.165, 1.54) is 37.9 Å². The molecule has 5 rings (SSSR count). The molecule has 1 fully saturated rings. The van der Waals surface area contributed by atoms with Crippen LogP contribution in [0.3, 0.4) is 0 Å². The average Bonchev–Trinajstić information content (AvgIpc) is 3.29. The van der Waals surface area contributed by atoms with Crippen LogP contribution in [0, 0.1) is 0 Å². The first-order chi connectivity index (χ1) is 15.8. The Labute approximate surface area is 187 Å². The van der Waals surface area contributed by atoms with E-state index in [9.17, 15) is 4.79 Å². The van der Waals surface area contributed by atoms with Gasteiger partial charge in [-0.15, -0.1) is 0 Å². The first kappa shape index (κ1) is 20.4. The molecule has 1 saturated heterocycles. The molecule has 6 heteroatoms. The normalized spacial score (nSPS) is 14.5. The second kappa shape index (κ2) is 9.32. The van der Waals surface area contributed by atoms with E-state index in [1.807, 2.05) is 36.4 Å². The van der Waals surface area contributed by atoms with Gasteiger partial charge >= 0.3 is 0 Å². The SMILES string of the molecule is O=C(NCc1ccc(CN2CCCCC2)cc1)c1cnn2c(-c3ccccc3)ccnc12. The van der Waals surface area contributed by atoms with Crippen LogP contribution in [-0.4, -0.2) is 38.5 Å². The molecule has 0 atom stereocenters. The summed E-state index contributed by atoms with van der Waals surface area (Å²) in [5.74, 6) is -0.171. The summed E-state index contributed by atoms with van der Waals surface area (Å²) in [6.07, 6.45) is 7.26. The van der Waals surface area contributed by atoms with Crippen molar-refractivity contribution in [2.45, 2.75) is 32.4 Å². The van der Waals surface area contributed by atoms with Crippen molar-refractivity contribution in [1.29, 1.82) is 0 Å². The van der Waals surface area contributed by atoms with Crippen LogP contribution in [0.1, 0.15) is 40.7 Å². The van der Waals surface area contributed by atoms with Gasteiger partial charge in [0.15, 0.2) is 5.65 Å². The highest BCUT2D eigenvalue weighted by atomic mass is 16.1. The zero-order valence-corrected chi connectivity index (χ0v) is 18.1. The van der Waals surface area contributed by atoms with Crippen LogP contribution in [0.25, 0.3) is 16.9 Å². The number of fused-ring (bicyclic) bond motifs is 1. The Bertz CT molecular complexity index is 1190. The van der Waals surface area contributed by atoms with E-state index in [2.05, 4.69) is 44.6 Å². The van der Waals surface area contributed by atoms with Crippen molar-refractivity contribution in [2.75, 3.05) is 13.1 Å². The lowest BCUT2D eigenvalue weighted by molar-refractivity contribution is 0.0952. The minimum atomic E-state index is -0.171. The maximum Gasteiger partial charge on any atom is 0.257 e. The maximum atomic E-state index is 12.9. The minimum Gasteiger partial charge on any atom is -0.348 e. The summed E-state index contributed by atoms with van der Waals surface area (Å²) < 4.78 is 1.72. The average molecular weight is 426 g/mol. The van der Waals surface area contributed by atoms with Gasteiger partial charge in [0.25, 0.3) is 5.91 Å². The molecule has 32 heavy (non-hydrogen) atoms. The fraction of sp³-hybridized carbons (Fsp3) is 0.269. The number of carbonyl (C=O) groups is 1. The number of piperidine rings is 1. The molecule has 1 aliphatic heterocycles. The van der Waals surface area contributed by atoms with E-state index in [1.54, 1.807) is 16.9 Å². The lowest BCUT2D eigenvalue weighted by Crippen LogP contribution is -2.29. The van der Waals surface area contributed by atoms with E-state index in [0.29, 0.717) is 17.8 Å². The minimum absolute atomic E-state index is 0.171. The predicted octanol–water partition coefficient (Wildman–Crippen LogP) is 4.31. The Morgan fingerprint density at radius 3 is 2.44 bits per heavy atom. The number of carbonyl (C=O) groups excluding carboxylic acids is 1. The first-order valence-electron chi connectivity index (χ1n) is 11.2. The third-order valence-electron chi connectivity index (χ3n) is 6.05. The molecule has 162 valence electrons. The van der Waals surface area contributed by atoms with Gasteiger partial charge in [0.2, 0.25) is 0 Å². The molecule has 1 aliphatic rings. The van der Waals surface area contributed by atoms with Crippen LogP contribution in [0.5, 0.6) is 0 Å². The Balaban J connectivity index is 1.25. The van der Waals surface area contributed by atoms with Gasteiger partial charge < -0.3 is 5.32 Å². The second-order valence-corrected chi connectivity index (χ2v) is 8.33. The van der Waals surface area contributed by atoms with Gasteiger partial charge in [-0.25, -0.2) is 9.50 Å². The van der Waals surface area contributed by atoms with Gasteiger partial charge in [0.1, 0.15) is 5.56 Å². The fourth-order valence-corrected chi connectivity index (χ4v) is 4.29. The molecular formula is C26H27N5O. The predicted molar refractivity (Wildman–Crippen MR) is 125 cm³/mol. The lowest BCUT2D eigenvalue weighted by atomic mass is 10.1. The molecule has 0 aliphatic carbocycles. The molecule has 4 aromatic rings. The van der Waals surface area contributed by atoms with Crippen molar-refractivity contribution >= 4 is 11.6 Å². The Morgan fingerprint density at radius 2 is 1.66 bits per heavy atom. The summed E-state index contributed by atoms with van der Waals surface area (Å²) in [4.78, 5) is 19.8. The molecule has 0 spiro atoms. The third-order valence-corrected chi connectivity index (χ3v) is 6.05. The summed E-state index contributed by atoms with van der Waals surface area (Å²) >= 11 is 0. The van der Waals surface area contributed by atoms with Crippen molar-refractivity contribution < 1.29 is 4.79 Å². The van der Waals surface area contributed by atoms with E-state index in [0.717, 1.165) is 23.4 Å². The molecule has 0 radical (unpaired) electrons. The summed E-state index contributed by atoms with van der Waals surface area (Å²) in [5.41, 5.74) is 5.36. The molecule has 6 nitrogen and oxygen atoms in total. The van der Waals surface area contributed by atoms with Crippen LogP contribution in [0.4, 0.5) is 0 Å². The highest BCUT2D eigenvalue weighted by molar-refractivity contribution is 5.99. The number of rotatable bonds is 6. The molecule has 0 unspecified atom stereocenters. The molecule has 2 aromatic heterocycles. The largest absolute Gasteiger partial charge is 0.348 e. The van der Waals surface area contributed by atoms with Crippen molar-refractivity contribution in [3.05, 3.63) is 89.7 Å². The molecule has 0 saturated carbocycles. The van der Waals surface area contributed by atoms with Crippen molar-refractivity contribution in [3.8, 4) is 11.3 Å².